The summed E-state index contributed by atoms with van der Waals surface area (Å²) in [5.41, 5.74) is 2.85. The Hall–Kier alpha value is -3.41. The average molecular weight is 375 g/mol. The number of hydrogen-bond acceptors (Lipinski definition) is 5. The van der Waals surface area contributed by atoms with Gasteiger partial charge in [0.1, 0.15) is 11.3 Å². The lowest BCUT2D eigenvalue weighted by Crippen LogP contribution is -2.26. The Morgan fingerprint density at radius 1 is 1.07 bits per heavy atom. The molecule has 0 fully saturated rings. The van der Waals surface area contributed by atoms with Crippen molar-refractivity contribution < 1.29 is 13.6 Å². The van der Waals surface area contributed by atoms with Crippen molar-refractivity contribution in [2.24, 2.45) is 0 Å². The Kier molecular flexibility index (Phi) is 4.93. The lowest BCUT2D eigenvalue weighted by Gasteiger charge is -2.10. The highest BCUT2D eigenvalue weighted by Crippen LogP contribution is 2.24. The molecule has 2 aromatic carbocycles. The maximum atomic E-state index is 12.3. The summed E-state index contributed by atoms with van der Waals surface area (Å²) in [5, 5.41) is 12.1. The second kappa shape index (κ2) is 7.68. The van der Waals surface area contributed by atoms with E-state index in [1.807, 2.05) is 68.4 Å². The summed E-state index contributed by atoms with van der Waals surface area (Å²) in [6.07, 6.45) is 0.650. The second-order valence-electron chi connectivity index (χ2n) is 6.84. The topological polar surface area (TPSA) is 81.2 Å². The SMILES string of the molecule is Cc1ccc(-c2nnc(CCC(=O)NC(C)c3cc4ccccc4o3)o2)cc1. The number of fused-ring (bicyclic) bond motifs is 1. The molecule has 1 N–H and O–H groups in total. The average Bonchev–Trinajstić information content (AvgIpc) is 3.34. The van der Waals surface area contributed by atoms with E-state index in [2.05, 4.69) is 15.5 Å². The van der Waals surface area contributed by atoms with E-state index in [0.717, 1.165) is 22.3 Å². The van der Waals surface area contributed by atoms with Gasteiger partial charge in [-0.05, 0) is 38.1 Å². The molecule has 0 saturated carbocycles. The van der Waals surface area contributed by atoms with E-state index in [9.17, 15) is 4.79 Å². The molecule has 4 aromatic rings. The highest BCUT2D eigenvalue weighted by Gasteiger charge is 2.15. The van der Waals surface area contributed by atoms with Gasteiger partial charge in [-0.15, -0.1) is 10.2 Å². The van der Waals surface area contributed by atoms with Crippen molar-refractivity contribution in [3.05, 3.63) is 71.8 Å². The summed E-state index contributed by atoms with van der Waals surface area (Å²) in [5.74, 6) is 1.55. The number of para-hydroxylation sites is 1. The van der Waals surface area contributed by atoms with E-state index in [-0.39, 0.29) is 18.4 Å². The quantitative estimate of drug-likeness (QED) is 0.533. The maximum Gasteiger partial charge on any atom is 0.247 e. The normalized spacial score (nSPS) is 12.2. The van der Waals surface area contributed by atoms with Gasteiger partial charge in [0.05, 0.1) is 6.04 Å². The largest absolute Gasteiger partial charge is 0.459 e. The first-order chi connectivity index (χ1) is 13.6. The highest BCUT2D eigenvalue weighted by atomic mass is 16.4. The molecule has 1 unspecified atom stereocenters. The molecule has 0 aliphatic heterocycles. The Balaban J connectivity index is 1.33. The third-order valence-corrected chi connectivity index (χ3v) is 4.58. The Morgan fingerprint density at radius 2 is 1.86 bits per heavy atom. The molecule has 6 heteroatoms. The van der Waals surface area contributed by atoms with Crippen LogP contribution in [0.4, 0.5) is 0 Å². The van der Waals surface area contributed by atoms with E-state index < -0.39 is 0 Å². The summed E-state index contributed by atoms with van der Waals surface area (Å²) in [6.45, 7) is 3.92. The number of benzene rings is 2. The highest BCUT2D eigenvalue weighted by molar-refractivity contribution is 5.79. The van der Waals surface area contributed by atoms with Crippen molar-refractivity contribution in [1.82, 2.24) is 15.5 Å². The summed E-state index contributed by atoms with van der Waals surface area (Å²) in [4.78, 5) is 12.3. The van der Waals surface area contributed by atoms with Crippen molar-refractivity contribution in [2.45, 2.75) is 32.7 Å². The number of nitrogens with zero attached hydrogens (tertiary/aromatic N) is 2. The van der Waals surface area contributed by atoms with Crippen molar-refractivity contribution in [3.63, 3.8) is 0 Å². The second-order valence-corrected chi connectivity index (χ2v) is 6.84. The number of amides is 1. The molecule has 0 aliphatic rings. The molecule has 0 aliphatic carbocycles. The summed E-state index contributed by atoms with van der Waals surface area (Å²) in [7, 11) is 0. The first-order valence-electron chi connectivity index (χ1n) is 9.26. The van der Waals surface area contributed by atoms with Crippen LogP contribution >= 0.6 is 0 Å². The van der Waals surface area contributed by atoms with Crippen LogP contribution in [-0.4, -0.2) is 16.1 Å². The van der Waals surface area contributed by atoms with Crippen molar-refractivity contribution in [2.75, 3.05) is 0 Å². The van der Waals surface area contributed by atoms with Crippen LogP contribution in [0.15, 0.2) is 63.4 Å². The lowest BCUT2D eigenvalue weighted by molar-refractivity contribution is -0.121. The van der Waals surface area contributed by atoms with E-state index >= 15 is 0 Å². The third-order valence-electron chi connectivity index (χ3n) is 4.58. The zero-order valence-electron chi connectivity index (χ0n) is 15.8. The van der Waals surface area contributed by atoms with Crippen LogP contribution in [0.5, 0.6) is 0 Å². The molecular formula is C22H21N3O3. The molecule has 1 amide bonds. The van der Waals surface area contributed by atoms with Crippen LogP contribution in [0.1, 0.15) is 36.6 Å². The monoisotopic (exact) mass is 375 g/mol. The van der Waals surface area contributed by atoms with Crippen molar-refractivity contribution in [1.29, 1.82) is 0 Å². The smallest absolute Gasteiger partial charge is 0.247 e. The van der Waals surface area contributed by atoms with Crippen LogP contribution in [0.25, 0.3) is 22.4 Å². The van der Waals surface area contributed by atoms with Gasteiger partial charge in [-0.2, -0.15) is 0 Å². The van der Waals surface area contributed by atoms with Crippen LogP contribution in [0.2, 0.25) is 0 Å². The minimum Gasteiger partial charge on any atom is -0.459 e. The standard InChI is InChI=1S/C22H21N3O3/c1-14-7-9-16(10-8-14)22-25-24-21(28-22)12-11-20(26)23-15(2)19-13-17-5-3-4-6-18(17)27-19/h3-10,13,15H,11-12H2,1-2H3,(H,23,26). The van der Waals surface area contributed by atoms with Gasteiger partial charge in [0.25, 0.3) is 0 Å². The minimum absolute atomic E-state index is 0.0944. The van der Waals surface area contributed by atoms with E-state index in [1.54, 1.807) is 0 Å². The number of carbonyl (C=O) groups excluding carboxylic acids is 1. The molecule has 0 spiro atoms. The molecule has 0 bridgehead atoms. The molecule has 0 saturated heterocycles. The van der Waals surface area contributed by atoms with Gasteiger partial charge in [0, 0.05) is 23.8 Å². The predicted molar refractivity (Wildman–Crippen MR) is 106 cm³/mol. The van der Waals surface area contributed by atoms with Gasteiger partial charge in [0.2, 0.25) is 17.7 Å². The molecule has 6 nitrogen and oxygen atoms in total. The maximum absolute atomic E-state index is 12.3. The van der Waals surface area contributed by atoms with Gasteiger partial charge in [-0.1, -0.05) is 35.9 Å². The van der Waals surface area contributed by atoms with Crippen molar-refractivity contribution >= 4 is 16.9 Å². The number of nitrogens with one attached hydrogen (secondary N) is 1. The fourth-order valence-electron chi connectivity index (χ4n) is 2.99. The van der Waals surface area contributed by atoms with Crippen molar-refractivity contribution in [3.8, 4) is 11.5 Å². The minimum atomic E-state index is -0.217. The van der Waals surface area contributed by atoms with E-state index in [1.165, 1.54) is 5.56 Å². The molecule has 2 aromatic heterocycles. The number of carbonyl (C=O) groups is 1. The molecule has 142 valence electrons. The summed E-state index contributed by atoms with van der Waals surface area (Å²) >= 11 is 0. The lowest BCUT2D eigenvalue weighted by atomic mass is 10.1. The zero-order chi connectivity index (χ0) is 19.5. The number of rotatable bonds is 6. The Labute approximate surface area is 162 Å². The van der Waals surface area contributed by atoms with Crippen LogP contribution in [-0.2, 0) is 11.2 Å². The van der Waals surface area contributed by atoms with Gasteiger partial charge in [-0.25, -0.2) is 0 Å². The molecule has 4 rings (SSSR count). The fraction of sp³-hybridized carbons (Fsp3) is 0.227. The van der Waals surface area contributed by atoms with Crippen LogP contribution in [0, 0.1) is 6.92 Å². The fourth-order valence-corrected chi connectivity index (χ4v) is 2.99. The molecule has 1 atom stereocenters. The van der Waals surface area contributed by atoms with Gasteiger partial charge in [-0.3, -0.25) is 4.79 Å². The zero-order valence-corrected chi connectivity index (χ0v) is 15.8. The van der Waals surface area contributed by atoms with Gasteiger partial charge < -0.3 is 14.2 Å². The molecule has 28 heavy (non-hydrogen) atoms. The van der Waals surface area contributed by atoms with Crippen LogP contribution in [0.3, 0.4) is 0 Å². The molecule has 0 radical (unpaired) electrons. The molecule has 2 heterocycles. The predicted octanol–water partition coefficient (Wildman–Crippen LogP) is 4.60. The summed E-state index contributed by atoms with van der Waals surface area (Å²) in [6, 6.07) is 17.4. The van der Waals surface area contributed by atoms with E-state index in [4.69, 9.17) is 8.83 Å². The number of aryl methyl sites for hydroxylation is 2. The molecular weight excluding hydrogens is 354 g/mol. The number of hydrogen-bond donors (Lipinski definition) is 1. The number of aromatic nitrogens is 2. The van der Waals surface area contributed by atoms with Gasteiger partial charge in [0.15, 0.2) is 0 Å². The Morgan fingerprint density at radius 3 is 2.64 bits per heavy atom. The Bertz CT molecular complexity index is 1060. The van der Waals surface area contributed by atoms with Crippen LogP contribution < -0.4 is 5.32 Å². The van der Waals surface area contributed by atoms with Gasteiger partial charge >= 0.3 is 0 Å². The third kappa shape index (κ3) is 3.96. The number of furan rings is 1. The van der Waals surface area contributed by atoms with E-state index in [0.29, 0.717) is 18.2 Å². The first kappa shape index (κ1) is 18.0. The first-order valence-corrected chi connectivity index (χ1v) is 9.26. The summed E-state index contributed by atoms with van der Waals surface area (Å²) < 4.78 is 11.5.